The Hall–Kier alpha value is -1.42. The van der Waals surface area contributed by atoms with Crippen molar-refractivity contribution in [3.05, 3.63) is 35.6 Å². The quantitative estimate of drug-likeness (QED) is 0.203. The van der Waals surface area contributed by atoms with Gasteiger partial charge in [-0.1, -0.05) is 25.5 Å². The molecule has 1 unspecified atom stereocenters. The second-order valence-corrected chi connectivity index (χ2v) is 7.17. The third-order valence-electron chi connectivity index (χ3n) is 5.15. The first-order valence-electron chi connectivity index (χ1n) is 10.3. The molecular formula is C21H35FIN5O. The van der Waals surface area contributed by atoms with Crippen molar-refractivity contribution in [2.24, 2.45) is 4.99 Å². The minimum Gasteiger partial charge on any atom is -0.355 e. The van der Waals surface area contributed by atoms with Crippen LogP contribution in [0.1, 0.15) is 38.2 Å². The van der Waals surface area contributed by atoms with Crippen LogP contribution < -0.4 is 16.0 Å². The summed E-state index contributed by atoms with van der Waals surface area (Å²) in [7, 11) is 1.75. The van der Waals surface area contributed by atoms with E-state index in [9.17, 15) is 9.18 Å². The normalized spacial score (nSPS) is 17.3. The van der Waals surface area contributed by atoms with Crippen LogP contribution in [0.25, 0.3) is 0 Å². The Balaban J connectivity index is 0.00000420. The Morgan fingerprint density at radius 2 is 1.83 bits per heavy atom. The van der Waals surface area contributed by atoms with E-state index < -0.39 is 0 Å². The number of nitrogens with zero attached hydrogens (tertiary/aromatic N) is 2. The minimum atomic E-state index is -0.294. The third-order valence-corrected chi connectivity index (χ3v) is 5.15. The lowest BCUT2D eigenvalue weighted by atomic mass is 10.0. The molecule has 0 saturated carbocycles. The molecule has 0 radical (unpaired) electrons. The van der Waals surface area contributed by atoms with Gasteiger partial charge >= 0.3 is 0 Å². The summed E-state index contributed by atoms with van der Waals surface area (Å²) in [6, 6.07) is 6.70. The zero-order valence-corrected chi connectivity index (χ0v) is 19.9. The number of aliphatic imine (C=N–C) groups is 1. The number of hydrogen-bond donors (Lipinski definition) is 3. The SMILES string of the molecule is CCC1CCCCN1CCNC(=NC)NCCNC(=O)Cc1ccc(F)cc1.I. The van der Waals surface area contributed by atoms with Gasteiger partial charge < -0.3 is 16.0 Å². The molecule has 0 spiro atoms. The van der Waals surface area contributed by atoms with Crippen molar-refractivity contribution < 1.29 is 9.18 Å². The molecule has 1 aliphatic heterocycles. The topological polar surface area (TPSA) is 68.8 Å². The number of carbonyl (C=O) groups excluding carboxylic acids is 1. The number of carbonyl (C=O) groups is 1. The number of benzene rings is 1. The van der Waals surface area contributed by atoms with Crippen LogP contribution in [0.5, 0.6) is 0 Å². The molecule has 1 aromatic carbocycles. The van der Waals surface area contributed by atoms with Crippen molar-refractivity contribution in [1.29, 1.82) is 0 Å². The van der Waals surface area contributed by atoms with E-state index in [1.54, 1.807) is 19.2 Å². The number of rotatable bonds is 9. The van der Waals surface area contributed by atoms with E-state index in [1.807, 2.05) is 0 Å². The maximum Gasteiger partial charge on any atom is 0.224 e. The number of amides is 1. The van der Waals surface area contributed by atoms with Crippen molar-refractivity contribution in [3.8, 4) is 0 Å². The molecule has 1 saturated heterocycles. The van der Waals surface area contributed by atoms with Gasteiger partial charge in [0.2, 0.25) is 5.91 Å². The molecule has 1 aromatic rings. The maximum atomic E-state index is 12.9. The fourth-order valence-electron chi connectivity index (χ4n) is 3.59. The molecule has 164 valence electrons. The molecule has 0 bridgehead atoms. The lowest BCUT2D eigenvalue weighted by Crippen LogP contribution is -2.47. The molecular weight excluding hydrogens is 484 g/mol. The van der Waals surface area contributed by atoms with Gasteiger partial charge in [0, 0.05) is 39.3 Å². The summed E-state index contributed by atoms with van der Waals surface area (Å²) in [4.78, 5) is 18.7. The molecule has 0 aromatic heterocycles. The zero-order chi connectivity index (χ0) is 20.2. The second-order valence-electron chi connectivity index (χ2n) is 7.17. The first-order chi connectivity index (χ1) is 13.6. The number of guanidine groups is 1. The van der Waals surface area contributed by atoms with Crippen LogP contribution in [-0.2, 0) is 11.2 Å². The lowest BCUT2D eigenvalue weighted by molar-refractivity contribution is -0.120. The maximum absolute atomic E-state index is 12.9. The summed E-state index contributed by atoms with van der Waals surface area (Å²) in [5.41, 5.74) is 0.799. The standard InChI is InChI=1S/C21H34FN5O.HI/c1-3-19-6-4-5-14-27(19)15-13-26-21(23-2)25-12-11-24-20(28)16-17-7-9-18(22)10-8-17;/h7-10,19H,3-6,11-16H2,1-2H3,(H,24,28)(H2,23,25,26);1H. The van der Waals surface area contributed by atoms with Gasteiger partial charge in [-0.3, -0.25) is 14.7 Å². The average molecular weight is 519 g/mol. The van der Waals surface area contributed by atoms with Gasteiger partial charge in [-0.2, -0.15) is 0 Å². The van der Waals surface area contributed by atoms with Crippen molar-refractivity contribution >= 4 is 35.8 Å². The predicted molar refractivity (Wildman–Crippen MR) is 127 cm³/mol. The van der Waals surface area contributed by atoms with Crippen LogP contribution in [-0.4, -0.2) is 62.6 Å². The highest BCUT2D eigenvalue weighted by Crippen LogP contribution is 2.18. The van der Waals surface area contributed by atoms with Crippen molar-refractivity contribution in [2.45, 2.75) is 45.1 Å². The number of nitrogens with one attached hydrogen (secondary N) is 3. The van der Waals surface area contributed by atoms with E-state index in [-0.39, 0.29) is 42.1 Å². The Labute approximate surface area is 191 Å². The summed E-state index contributed by atoms with van der Waals surface area (Å²) in [6.07, 6.45) is 5.41. The Kier molecular flexibility index (Phi) is 12.8. The van der Waals surface area contributed by atoms with Crippen molar-refractivity contribution in [3.63, 3.8) is 0 Å². The first-order valence-corrected chi connectivity index (χ1v) is 10.3. The summed E-state index contributed by atoms with van der Waals surface area (Å²) < 4.78 is 12.9. The van der Waals surface area contributed by atoms with E-state index in [0.717, 1.165) is 24.6 Å². The van der Waals surface area contributed by atoms with Gasteiger partial charge in [0.15, 0.2) is 5.96 Å². The minimum absolute atomic E-state index is 0. The smallest absolute Gasteiger partial charge is 0.224 e. The summed E-state index contributed by atoms with van der Waals surface area (Å²) in [5.74, 6) is 0.377. The average Bonchev–Trinajstić information content (AvgIpc) is 2.71. The van der Waals surface area contributed by atoms with Crippen molar-refractivity contribution in [2.75, 3.05) is 39.8 Å². The molecule has 1 amide bonds. The molecule has 1 fully saturated rings. The van der Waals surface area contributed by atoms with Crippen LogP contribution in [0.2, 0.25) is 0 Å². The van der Waals surface area contributed by atoms with Gasteiger partial charge in [0.05, 0.1) is 6.42 Å². The highest BCUT2D eigenvalue weighted by atomic mass is 127. The molecule has 1 aliphatic rings. The van der Waals surface area contributed by atoms with Gasteiger partial charge in [-0.15, -0.1) is 24.0 Å². The van der Waals surface area contributed by atoms with E-state index in [0.29, 0.717) is 19.1 Å². The zero-order valence-electron chi connectivity index (χ0n) is 17.5. The number of halogens is 2. The number of hydrogen-bond acceptors (Lipinski definition) is 3. The second kappa shape index (κ2) is 14.5. The largest absolute Gasteiger partial charge is 0.355 e. The molecule has 8 heteroatoms. The van der Waals surface area contributed by atoms with Gasteiger partial charge in [-0.05, 0) is 43.5 Å². The third kappa shape index (κ3) is 9.75. The fourth-order valence-corrected chi connectivity index (χ4v) is 3.59. The summed E-state index contributed by atoms with van der Waals surface area (Å²) in [6.45, 7) is 6.43. The molecule has 3 N–H and O–H groups in total. The van der Waals surface area contributed by atoms with E-state index in [2.05, 4.69) is 32.8 Å². The van der Waals surface area contributed by atoms with Crippen LogP contribution in [0.4, 0.5) is 4.39 Å². The Morgan fingerprint density at radius 1 is 1.14 bits per heavy atom. The highest BCUT2D eigenvalue weighted by Gasteiger charge is 2.19. The van der Waals surface area contributed by atoms with Crippen LogP contribution in [0.3, 0.4) is 0 Å². The van der Waals surface area contributed by atoms with E-state index in [1.165, 1.54) is 44.4 Å². The molecule has 29 heavy (non-hydrogen) atoms. The molecule has 0 aliphatic carbocycles. The fraction of sp³-hybridized carbons (Fsp3) is 0.619. The van der Waals surface area contributed by atoms with E-state index in [4.69, 9.17) is 0 Å². The summed E-state index contributed by atoms with van der Waals surface area (Å²) >= 11 is 0. The van der Waals surface area contributed by atoms with Crippen LogP contribution in [0.15, 0.2) is 29.3 Å². The van der Waals surface area contributed by atoms with Gasteiger partial charge in [0.1, 0.15) is 5.82 Å². The predicted octanol–water partition coefficient (Wildman–Crippen LogP) is 2.53. The van der Waals surface area contributed by atoms with Gasteiger partial charge in [0.25, 0.3) is 0 Å². The van der Waals surface area contributed by atoms with Crippen LogP contribution in [0, 0.1) is 5.82 Å². The number of likely N-dealkylation sites (tertiary alicyclic amines) is 1. The van der Waals surface area contributed by atoms with Crippen LogP contribution >= 0.6 is 24.0 Å². The Morgan fingerprint density at radius 3 is 2.52 bits per heavy atom. The molecule has 2 rings (SSSR count). The van der Waals surface area contributed by atoms with Crippen molar-refractivity contribution in [1.82, 2.24) is 20.9 Å². The Bertz CT molecular complexity index is 626. The summed E-state index contributed by atoms with van der Waals surface area (Å²) in [5, 5.41) is 9.42. The monoisotopic (exact) mass is 519 g/mol. The first kappa shape index (κ1) is 25.6. The lowest BCUT2D eigenvalue weighted by Gasteiger charge is -2.35. The van der Waals surface area contributed by atoms with E-state index >= 15 is 0 Å². The molecule has 1 atom stereocenters. The molecule has 6 nitrogen and oxygen atoms in total. The molecule has 1 heterocycles. The highest BCUT2D eigenvalue weighted by molar-refractivity contribution is 14.0. The number of piperidine rings is 1. The van der Waals surface area contributed by atoms with Gasteiger partial charge in [-0.25, -0.2) is 4.39 Å².